The van der Waals surface area contributed by atoms with E-state index in [1.165, 1.54) is 31.3 Å². The van der Waals surface area contributed by atoms with Crippen LogP contribution in [0.1, 0.15) is 29.3 Å². The molecule has 0 spiro atoms. The molecule has 0 saturated carbocycles. The first-order valence-electron chi connectivity index (χ1n) is 5.97. The molecule has 2 atom stereocenters. The minimum Gasteiger partial charge on any atom is -0.355 e. The number of hydrogen-bond donors (Lipinski definition) is 2. The van der Waals surface area contributed by atoms with Gasteiger partial charge < -0.3 is 5.32 Å². The van der Waals surface area contributed by atoms with E-state index in [9.17, 15) is 18.0 Å². The van der Waals surface area contributed by atoms with E-state index in [4.69, 9.17) is 0 Å². The topological polar surface area (TPSA) is 41.1 Å². The van der Waals surface area contributed by atoms with Gasteiger partial charge in [0.15, 0.2) is 0 Å². The fraction of sp³-hybridized carbons (Fsp3) is 0.462. The van der Waals surface area contributed by atoms with Crippen LogP contribution in [0.15, 0.2) is 24.3 Å². The summed E-state index contributed by atoms with van der Waals surface area (Å²) in [4.78, 5) is 11.4. The van der Waals surface area contributed by atoms with Gasteiger partial charge in [-0.2, -0.15) is 13.2 Å². The van der Waals surface area contributed by atoms with Gasteiger partial charge in [-0.3, -0.25) is 10.1 Å². The summed E-state index contributed by atoms with van der Waals surface area (Å²) in [6.07, 6.45) is -4.34. The smallest absolute Gasteiger partial charge is 0.355 e. The van der Waals surface area contributed by atoms with Gasteiger partial charge in [0.1, 0.15) is 5.54 Å². The van der Waals surface area contributed by atoms with Crippen molar-refractivity contribution in [1.29, 1.82) is 0 Å². The molecule has 0 radical (unpaired) electrons. The molecular weight excluding hydrogens is 257 g/mol. The molecule has 1 amide bonds. The van der Waals surface area contributed by atoms with Crippen LogP contribution in [0.2, 0.25) is 0 Å². The molecule has 19 heavy (non-hydrogen) atoms. The first kappa shape index (κ1) is 13.9. The SMILES string of the molecule is CNC(=O)c1ccc(C2(C(F)(F)F)CC(C)N2)cc1. The highest BCUT2D eigenvalue weighted by molar-refractivity contribution is 5.93. The minimum atomic E-state index is -4.35. The summed E-state index contributed by atoms with van der Waals surface area (Å²) in [5.74, 6) is -0.317. The lowest BCUT2D eigenvalue weighted by atomic mass is 9.75. The quantitative estimate of drug-likeness (QED) is 0.866. The van der Waals surface area contributed by atoms with Crippen molar-refractivity contribution in [2.24, 2.45) is 0 Å². The molecule has 6 heteroatoms. The number of halogens is 3. The first-order chi connectivity index (χ1) is 8.80. The molecule has 0 aliphatic carbocycles. The molecule has 1 aromatic carbocycles. The zero-order valence-corrected chi connectivity index (χ0v) is 10.6. The number of rotatable bonds is 2. The van der Waals surface area contributed by atoms with Gasteiger partial charge in [0.2, 0.25) is 0 Å². The molecule has 0 aromatic heterocycles. The van der Waals surface area contributed by atoms with Gasteiger partial charge in [-0.05, 0) is 31.0 Å². The van der Waals surface area contributed by atoms with Crippen molar-refractivity contribution in [1.82, 2.24) is 10.6 Å². The van der Waals surface area contributed by atoms with Crippen molar-refractivity contribution in [2.45, 2.75) is 31.1 Å². The van der Waals surface area contributed by atoms with Crippen LogP contribution < -0.4 is 10.6 Å². The summed E-state index contributed by atoms with van der Waals surface area (Å²) >= 11 is 0. The van der Waals surface area contributed by atoms with Crippen LogP contribution in [0.25, 0.3) is 0 Å². The lowest BCUT2D eigenvalue weighted by molar-refractivity contribution is -0.229. The Morgan fingerprint density at radius 1 is 1.37 bits per heavy atom. The molecule has 2 unspecified atom stereocenters. The van der Waals surface area contributed by atoms with Gasteiger partial charge in [0.25, 0.3) is 5.91 Å². The molecule has 104 valence electrons. The van der Waals surface area contributed by atoms with Crippen LogP contribution in [0, 0.1) is 0 Å². The van der Waals surface area contributed by atoms with E-state index >= 15 is 0 Å². The van der Waals surface area contributed by atoms with Gasteiger partial charge >= 0.3 is 6.18 Å². The fourth-order valence-corrected chi connectivity index (χ4v) is 2.47. The van der Waals surface area contributed by atoms with Crippen molar-refractivity contribution < 1.29 is 18.0 Å². The molecule has 1 aliphatic rings. The lowest BCUT2D eigenvalue weighted by Gasteiger charge is -2.49. The highest BCUT2D eigenvalue weighted by Crippen LogP contribution is 2.47. The Morgan fingerprint density at radius 3 is 2.26 bits per heavy atom. The zero-order valence-electron chi connectivity index (χ0n) is 10.6. The highest BCUT2D eigenvalue weighted by atomic mass is 19.4. The van der Waals surface area contributed by atoms with Crippen molar-refractivity contribution in [3.8, 4) is 0 Å². The van der Waals surface area contributed by atoms with Crippen molar-refractivity contribution in [3.05, 3.63) is 35.4 Å². The minimum absolute atomic E-state index is 0.00974. The molecule has 2 rings (SSSR count). The number of amides is 1. The van der Waals surface area contributed by atoms with Gasteiger partial charge in [-0.25, -0.2) is 0 Å². The zero-order chi connectivity index (χ0) is 14.3. The third kappa shape index (κ3) is 2.20. The summed E-state index contributed by atoms with van der Waals surface area (Å²) in [6.45, 7) is 1.71. The molecule has 0 bridgehead atoms. The van der Waals surface area contributed by atoms with Gasteiger partial charge in [0, 0.05) is 18.7 Å². The summed E-state index contributed by atoms with van der Waals surface area (Å²) < 4.78 is 39.6. The van der Waals surface area contributed by atoms with Gasteiger partial charge in [-0.1, -0.05) is 12.1 Å². The second-order valence-corrected chi connectivity index (χ2v) is 4.81. The van der Waals surface area contributed by atoms with Crippen LogP contribution in [0.4, 0.5) is 13.2 Å². The van der Waals surface area contributed by atoms with E-state index in [-0.39, 0.29) is 23.9 Å². The molecule has 2 N–H and O–H groups in total. The summed E-state index contributed by atoms with van der Waals surface area (Å²) in [5, 5.41) is 4.98. The number of carbonyl (C=O) groups excluding carboxylic acids is 1. The van der Waals surface area contributed by atoms with E-state index in [1.807, 2.05) is 0 Å². The highest BCUT2D eigenvalue weighted by Gasteiger charge is 2.61. The summed E-state index contributed by atoms with van der Waals surface area (Å²) in [6, 6.07) is 5.37. The first-order valence-corrected chi connectivity index (χ1v) is 5.97. The number of nitrogens with one attached hydrogen (secondary N) is 2. The molecule has 1 aliphatic heterocycles. The third-order valence-corrected chi connectivity index (χ3v) is 3.46. The van der Waals surface area contributed by atoms with Crippen LogP contribution >= 0.6 is 0 Å². The normalized spacial score (nSPS) is 26.7. The predicted octanol–water partition coefficient (Wildman–Crippen LogP) is 2.19. The van der Waals surface area contributed by atoms with Crippen LogP contribution in [-0.2, 0) is 5.54 Å². The van der Waals surface area contributed by atoms with Crippen molar-refractivity contribution in [2.75, 3.05) is 7.05 Å². The lowest BCUT2D eigenvalue weighted by Crippen LogP contribution is -2.67. The Balaban J connectivity index is 2.32. The predicted molar refractivity (Wildman–Crippen MR) is 64.8 cm³/mol. The monoisotopic (exact) mass is 272 g/mol. The van der Waals surface area contributed by atoms with Crippen LogP contribution in [-0.4, -0.2) is 25.2 Å². The summed E-state index contributed by atoms with van der Waals surface area (Å²) in [5.41, 5.74) is -1.49. The molecule has 1 saturated heterocycles. The molecule has 1 fully saturated rings. The maximum atomic E-state index is 13.2. The van der Waals surface area contributed by atoms with E-state index in [2.05, 4.69) is 10.6 Å². The molecule has 1 aromatic rings. The number of hydrogen-bond acceptors (Lipinski definition) is 2. The van der Waals surface area contributed by atoms with Crippen LogP contribution in [0.3, 0.4) is 0 Å². The van der Waals surface area contributed by atoms with Gasteiger partial charge in [0.05, 0.1) is 0 Å². The average Bonchev–Trinajstić information content (AvgIpc) is 2.32. The Kier molecular flexibility index (Phi) is 3.30. The maximum absolute atomic E-state index is 13.2. The number of alkyl halides is 3. The van der Waals surface area contributed by atoms with E-state index < -0.39 is 11.7 Å². The molecule has 3 nitrogen and oxygen atoms in total. The molecule has 1 heterocycles. The van der Waals surface area contributed by atoms with E-state index in [1.54, 1.807) is 6.92 Å². The molecular formula is C13H15F3N2O. The van der Waals surface area contributed by atoms with Crippen molar-refractivity contribution in [3.63, 3.8) is 0 Å². The Bertz CT molecular complexity index is 476. The largest absolute Gasteiger partial charge is 0.410 e. The standard InChI is InChI=1S/C13H15F3N2O/c1-8-7-12(18-8,13(14,15)16)10-5-3-9(4-6-10)11(19)17-2/h3-6,8,18H,7H2,1-2H3,(H,17,19). The fourth-order valence-electron chi connectivity index (χ4n) is 2.47. The average molecular weight is 272 g/mol. The second kappa shape index (κ2) is 4.52. The Morgan fingerprint density at radius 2 is 1.89 bits per heavy atom. The Labute approximate surface area is 109 Å². The number of carbonyl (C=O) groups is 1. The van der Waals surface area contributed by atoms with E-state index in [0.717, 1.165) is 0 Å². The second-order valence-electron chi connectivity index (χ2n) is 4.81. The third-order valence-electron chi connectivity index (χ3n) is 3.46. The maximum Gasteiger partial charge on any atom is 0.410 e. The van der Waals surface area contributed by atoms with Gasteiger partial charge in [-0.15, -0.1) is 0 Å². The van der Waals surface area contributed by atoms with Crippen LogP contribution in [0.5, 0.6) is 0 Å². The summed E-state index contributed by atoms with van der Waals surface area (Å²) in [7, 11) is 1.47. The van der Waals surface area contributed by atoms with E-state index in [0.29, 0.717) is 5.56 Å². The Hall–Kier alpha value is -1.56. The van der Waals surface area contributed by atoms with Crippen molar-refractivity contribution >= 4 is 5.91 Å². The number of benzene rings is 1.